The molecular formula is C40H56O3. The smallest absolute Gasteiger partial charge is 0.312 e. The fraction of sp³-hybridized carbons (Fsp3) is 0.375. The van der Waals surface area contributed by atoms with Gasteiger partial charge in [-0.15, -0.1) is 0 Å². The van der Waals surface area contributed by atoms with E-state index in [1.54, 1.807) is 12.1 Å². The van der Waals surface area contributed by atoms with Gasteiger partial charge in [0, 0.05) is 12.8 Å². The van der Waals surface area contributed by atoms with Crippen LogP contribution < -0.4 is 0 Å². The first-order chi connectivity index (χ1) is 18.7. The first-order valence-electron chi connectivity index (χ1n) is 13.8. The lowest BCUT2D eigenvalue weighted by Gasteiger charge is -2.41. The van der Waals surface area contributed by atoms with Crippen molar-refractivity contribution >= 4 is 5.97 Å². The van der Waals surface area contributed by atoms with Crippen LogP contribution in [-0.4, -0.2) is 11.1 Å². The van der Waals surface area contributed by atoms with Crippen molar-refractivity contribution < 1.29 is 14.6 Å². The van der Waals surface area contributed by atoms with Gasteiger partial charge in [-0.25, -0.2) is 0 Å². The third-order valence-corrected chi connectivity index (χ3v) is 8.01. The fourth-order valence-corrected chi connectivity index (χ4v) is 5.62. The second-order valence-electron chi connectivity index (χ2n) is 11.6. The van der Waals surface area contributed by atoms with Crippen LogP contribution in [-0.2, 0) is 33.4 Å². The highest BCUT2D eigenvalue weighted by molar-refractivity contribution is 5.77. The first-order valence-corrected chi connectivity index (χ1v) is 13.8. The zero-order valence-corrected chi connectivity index (χ0v) is 23.6. The Morgan fingerprint density at radius 3 is 1.47 bits per heavy atom. The monoisotopic (exact) mass is 584 g/mol. The van der Waals surface area contributed by atoms with Gasteiger partial charge in [-0.2, -0.15) is 0 Å². The Kier molecular flexibility index (Phi) is 15.2. The van der Waals surface area contributed by atoms with Gasteiger partial charge in [0.1, 0.15) is 11.4 Å². The molecule has 0 saturated heterocycles. The molecule has 1 N–H and O–H groups in total. The molecule has 0 fully saturated rings. The number of benzene rings is 4. The zero-order valence-electron chi connectivity index (χ0n) is 23.6. The van der Waals surface area contributed by atoms with E-state index in [0.717, 1.165) is 22.3 Å². The topological polar surface area (TPSA) is 46.5 Å². The molecule has 43 heavy (non-hydrogen) atoms. The van der Waals surface area contributed by atoms with E-state index in [1.807, 2.05) is 73.7 Å². The van der Waals surface area contributed by atoms with E-state index >= 15 is 0 Å². The van der Waals surface area contributed by atoms with Gasteiger partial charge in [0.05, 0.1) is 5.41 Å². The lowest BCUT2D eigenvalue weighted by Crippen LogP contribution is -2.44. The third kappa shape index (κ3) is 9.58. The van der Waals surface area contributed by atoms with Gasteiger partial charge in [-0.1, -0.05) is 154 Å². The third-order valence-electron chi connectivity index (χ3n) is 8.01. The summed E-state index contributed by atoms with van der Waals surface area (Å²) >= 11 is 0. The summed E-state index contributed by atoms with van der Waals surface area (Å²) in [5.74, 6) is 0.0502. The quantitative estimate of drug-likeness (QED) is 0.178. The van der Waals surface area contributed by atoms with Gasteiger partial charge in [-0.05, 0) is 59.6 Å². The molecule has 234 valence electrons. The second kappa shape index (κ2) is 16.7. The van der Waals surface area contributed by atoms with Crippen molar-refractivity contribution in [1.82, 2.24) is 0 Å². The SMILES string of the molecule is C.C.C.C.CCC(C)(CC(C)(C)c1ccc(O)cc1)C(=O)OC(Cc1ccccc1)(Cc1ccccc1)c1ccccc1. The minimum atomic E-state index is -0.875. The number of esters is 1. The van der Waals surface area contributed by atoms with Crippen LogP contribution in [0.25, 0.3) is 0 Å². The summed E-state index contributed by atoms with van der Waals surface area (Å²) < 4.78 is 6.81. The molecule has 1 atom stereocenters. The fourth-order valence-electron chi connectivity index (χ4n) is 5.62. The maximum atomic E-state index is 14.4. The van der Waals surface area contributed by atoms with Crippen LogP contribution in [0.4, 0.5) is 0 Å². The van der Waals surface area contributed by atoms with Gasteiger partial charge in [0.15, 0.2) is 0 Å². The summed E-state index contributed by atoms with van der Waals surface area (Å²) in [5, 5.41) is 9.79. The van der Waals surface area contributed by atoms with Crippen LogP contribution in [0.3, 0.4) is 0 Å². The predicted octanol–water partition coefficient (Wildman–Crippen LogP) is 10.9. The molecule has 0 bridgehead atoms. The Bertz CT molecular complexity index is 1290. The molecule has 3 heteroatoms. The number of hydrogen-bond donors (Lipinski definition) is 1. The molecule has 4 rings (SSSR count). The van der Waals surface area contributed by atoms with Crippen molar-refractivity contribution in [3.05, 3.63) is 138 Å². The number of phenolic OH excluding ortho intramolecular Hbond substituents is 1. The van der Waals surface area contributed by atoms with Crippen LogP contribution in [0, 0.1) is 5.41 Å². The van der Waals surface area contributed by atoms with Crippen molar-refractivity contribution in [2.24, 2.45) is 5.41 Å². The highest BCUT2D eigenvalue weighted by atomic mass is 16.6. The average molecular weight is 585 g/mol. The highest BCUT2D eigenvalue weighted by Crippen LogP contribution is 2.43. The number of carbonyl (C=O) groups is 1. The predicted molar refractivity (Wildman–Crippen MR) is 186 cm³/mol. The molecule has 3 nitrogen and oxygen atoms in total. The summed E-state index contributed by atoms with van der Waals surface area (Å²) in [7, 11) is 0. The molecule has 0 amide bonds. The molecule has 0 radical (unpaired) electrons. The second-order valence-corrected chi connectivity index (χ2v) is 11.6. The van der Waals surface area contributed by atoms with Gasteiger partial charge < -0.3 is 9.84 Å². The Labute approximate surface area is 263 Å². The average Bonchev–Trinajstić information content (AvgIpc) is 2.94. The van der Waals surface area contributed by atoms with E-state index < -0.39 is 11.0 Å². The standard InChI is InChI=1S/C36H40O3.4CH4/c1-5-35(4,27-34(2,3)30-21-23-32(37)24-22-30)33(38)39-36(31-19-13-8-14-20-31,25-28-15-9-6-10-16-28)26-29-17-11-7-12-18-29;;;;/h6-24,37H,5,25-27H2,1-4H3;4*1H4. The van der Waals surface area contributed by atoms with Crippen molar-refractivity contribution in [1.29, 1.82) is 0 Å². The number of aromatic hydroxyl groups is 1. The zero-order chi connectivity index (χ0) is 27.9. The number of phenols is 1. The van der Waals surface area contributed by atoms with Gasteiger partial charge in [-0.3, -0.25) is 4.79 Å². The van der Waals surface area contributed by atoms with Gasteiger partial charge in [0.2, 0.25) is 0 Å². The molecule has 1 unspecified atom stereocenters. The summed E-state index contributed by atoms with van der Waals surface area (Å²) in [4.78, 5) is 14.4. The van der Waals surface area contributed by atoms with E-state index in [-0.39, 0.29) is 46.8 Å². The Morgan fingerprint density at radius 2 is 1.05 bits per heavy atom. The van der Waals surface area contributed by atoms with E-state index in [9.17, 15) is 9.90 Å². The highest BCUT2D eigenvalue weighted by Gasteiger charge is 2.45. The molecule has 0 aliphatic rings. The van der Waals surface area contributed by atoms with Gasteiger partial charge in [0.25, 0.3) is 0 Å². The van der Waals surface area contributed by atoms with Crippen LogP contribution in [0.2, 0.25) is 0 Å². The van der Waals surface area contributed by atoms with Crippen molar-refractivity contribution in [2.75, 3.05) is 0 Å². The van der Waals surface area contributed by atoms with E-state index in [1.165, 1.54) is 0 Å². The molecule has 0 heterocycles. The minimum absolute atomic E-state index is 0. The Morgan fingerprint density at radius 1 is 0.628 bits per heavy atom. The molecule has 0 spiro atoms. The largest absolute Gasteiger partial charge is 0.508 e. The molecule has 0 aliphatic heterocycles. The number of carbonyl (C=O) groups excluding carboxylic acids is 1. The lowest BCUT2D eigenvalue weighted by atomic mass is 9.69. The van der Waals surface area contributed by atoms with Crippen LogP contribution in [0.5, 0.6) is 5.75 Å². The maximum absolute atomic E-state index is 14.4. The van der Waals surface area contributed by atoms with E-state index in [0.29, 0.717) is 25.7 Å². The molecule has 4 aromatic carbocycles. The summed E-state index contributed by atoms with van der Waals surface area (Å²) in [6.07, 6.45) is 2.40. The van der Waals surface area contributed by atoms with E-state index in [4.69, 9.17) is 4.74 Å². The van der Waals surface area contributed by atoms with Crippen LogP contribution in [0.15, 0.2) is 115 Å². The number of hydrogen-bond acceptors (Lipinski definition) is 3. The van der Waals surface area contributed by atoms with Crippen molar-refractivity contribution in [2.45, 2.75) is 94.1 Å². The summed E-state index contributed by atoms with van der Waals surface area (Å²) in [6.45, 7) is 8.39. The Balaban J connectivity index is 0.00000441. The lowest BCUT2D eigenvalue weighted by molar-refractivity contribution is -0.175. The van der Waals surface area contributed by atoms with Crippen molar-refractivity contribution in [3.63, 3.8) is 0 Å². The first kappa shape index (κ1) is 39.2. The minimum Gasteiger partial charge on any atom is -0.508 e. The van der Waals surface area contributed by atoms with Crippen LogP contribution in [0.1, 0.15) is 92.5 Å². The van der Waals surface area contributed by atoms with Crippen molar-refractivity contribution in [3.8, 4) is 5.75 Å². The normalized spacial score (nSPS) is 12.2. The van der Waals surface area contributed by atoms with E-state index in [2.05, 4.69) is 57.2 Å². The maximum Gasteiger partial charge on any atom is 0.312 e. The molecule has 0 aliphatic carbocycles. The van der Waals surface area contributed by atoms with Crippen LogP contribution >= 0.6 is 0 Å². The number of rotatable bonds is 11. The molecule has 4 aromatic rings. The molecule has 0 aromatic heterocycles. The van der Waals surface area contributed by atoms with Gasteiger partial charge >= 0.3 is 5.97 Å². The molecular weight excluding hydrogens is 528 g/mol. The summed E-state index contributed by atoms with van der Waals surface area (Å²) in [5.41, 5.74) is 2.42. The number of ether oxygens (including phenoxy) is 1. The summed E-state index contributed by atoms with van der Waals surface area (Å²) in [6, 6.07) is 38.0. The molecule has 0 saturated carbocycles. The Hall–Kier alpha value is -3.85.